The maximum Gasteiger partial charge on any atom is 0.256 e. The van der Waals surface area contributed by atoms with E-state index in [0.29, 0.717) is 50.2 Å². The van der Waals surface area contributed by atoms with Crippen LogP contribution in [0.5, 0.6) is 5.75 Å². The summed E-state index contributed by atoms with van der Waals surface area (Å²) in [6.07, 6.45) is 4.58. The number of carbonyl (C=O) groups excluding carboxylic acids is 3. The Morgan fingerprint density at radius 3 is 2.58 bits per heavy atom. The van der Waals surface area contributed by atoms with Crippen LogP contribution in [0.2, 0.25) is 0 Å². The quantitative estimate of drug-likeness (QED) is 0.500. The smallest absolute Gasteiger partial charge is 0.256 e. The third kappa shape index (κ3) is 5.41. The highest BCUT2D eigenvalue weighted by Crippen LogP contribution is 2.39. The lowest BCUT2D eigenvalue weighted by atomic mass is 9.96. The molecule has 1 spiro atoms. The second-order valence-electron chi connectivity index (χ2n) is 9.39. The van der Waals surface area contributed by atoms with Crippen molar-refractivity contribution in [2.24, 2.45) is 0 Å². The number of ether oxygens (including phenoxy) is 2. The first-order valence-corrected chi connectivity index (χ1v) is 13.5. The van der Waals surface area contributed by atoms with Crippen molar-refractivity contribution < 1.29 is 23.9 Å². The molecule has 9 nitrogen and oxygen atoms in total. The molecule has 0 bridgehead atoms. The van der Waals surface area contributed by atoms with Crippen molar-refractivity contribution >= 4 is 29.1 Å². The third-order valence-corrected chi connectivity index (χ3v) is 7.99. The predicted molar refractivity (Wildman–Crippen MR) is 142 cm³/mol. The zero-order valence-corrected chi connectivity index (χ0v) is 22.0. The molecule has 3 amide bonds. The molecule has 4 heterocycles. The standard InChI is InChI=1S/C28H30N4O5S/c1-36-22-8-6-21(7-9-22)27(35)32-24(26(34)30-18-20-4-2-12-29-17-20)19-37-28(32)10-13-31(14-11-28)25(33)16-23-5-3-15-38-23/h2-9,12,15,17,24H,10-11,13-14,16,18-19H2,1H3,(H,30,34). The predicted octanol–water partition coefficient (Wildman–Crippen LogP) is 2.87. The number of likely N-dealkylation sites (tertiary alicyclic amines) is 1. The Bertz CT molecular complexity index is 1260. The average Bonchev–Trinajstić information content (AvgIpc) is 3.60. The van der Waals surface area contributed by atoms with E-state index in [2.05, 4.69) is 10.3 Å². The number of hydrogen-bond acceptors (Lipinski definition) is 7. The highest BCUT2D eigenvalue weighted by Gasteiger charge is 2.54. The number of pyridine rings is 1. The minimum absolute atomic E-state index is 0.0547. The number of nitrogens with one attached hydrogen (secondary N) is 1. The van der Waals surface area contributed by atoms with E-state index >= 15 is 0 Å². The van der Waals surface area contributed by atoms with Crippen molar-refractivity contribution in [3.8, 4) is 5.75 Å². The molecule has 10 heteroatoms. The van der Waals surface area contributed by atoms with E-state index in [4.69, 9.17) is 9.47 Å². The minimum Gasteiger partial charge on any atom is -0.497 e. The molecule has 0 aliphatic carbocycles. The number of benzene rings is 1. The van der Waals surface area contributed by atoms with Gasteiger partial charge in [0.25, 0.3) is 5.91 Å². The van der Waals surface area contributed by atoms with E-state index in [0.717, 1.165) is 10.4 Å². The van der Waals surface area contributed by atoms with Crippen LogP contribution in [-0.2, 0) is 27.3 Å². The van der Waals surface area contributed by atoms with Crippen LogP contribution in [-0.4, -0.2) is 71.1 Å². The third-order valence-electron chi connectivity index (χ3n) is 7.11. The fraction of sp³-hybridized carbons (Fsp3) is 0.357. The first-order valence-electron chi connectivity index (χ1n) is 12.6. The fourth-order valence-electron chi connectivity index (χ4n) is 5.03. The lowest BCUT2D eigenvalue weighted by molar-refractivity contribution is -0.143. The van der Waals surface area contributed by atoms with Crippen LogP contribution in [0.15, 0.2) is 66.3 Å². The molecule has 0 radical (unpaired) electrons. The molecule has 2 saturated heterocycles. The molecule has 0 saturated carbocycles. The van der Waals surface area contributed by atoms with Crippen molar-refractivity contribution in [2.45, 2.75) is 37.6 Å². The fourth-order valence-corrected chi connectivity index (χ4v) is 5.72. The molecular formula is C28H30N4O5S. The molecule has 5 rings (SSSR count). The van der Waals surface area contributed by atoms with Crippen molar-refractivity contribution in [2.75, 3.05) is 26.8 Å². The van der Waals surface area contributed by atoms with Gasteiger partial charge in [0.1, 0.15) is 17.5 Å². The molecule has 1 N–H and O–H groups in total. The molecule has 1 aromatic carbocycles. The van der Waals surface area contributed by atoms with Crippen LogP contribution in [0.4, 0.5) is 0 Å². The van der Waals surface area contributed by atoms with Crippen LogP contribution in [0.1, 0.15) is 33.6 Å². The van der Waals surface area contributed by atoms with Crippen LogP contribution < -0.4 is 10.1 Å². The van der Waals surface area contributed by atoms with Crippen molar-refractivity contribution in [3.63, 3.8) is 0 Å². The Balaban J connectivity index is 1.34. The number of nitrogens with zero attached hydrogens (tertiary/aromatic N) is 3. The van der Waals surface area contributed by atoms with Crippen LogP contribution in [0.3, 0.4) is 0 Å². The van der Waals surface area contributed by atoms with Crippen LogP contribution >= 0.6 is 11.3 Å². The summed E-state index contributed by atoms with van der Waals surface area (Å²) in [6.45, 7) is 1.27. The summed E-state index contributed by atoms with van der Waals surface area (Å²) in [5, 5.41) is 4.89. The van der Waals surface area contributed by atoms with E-state index in [1.807, 2.05) is 34.5 Å². The molecule has 3 aromatic rings. The lowest BCUT2D eigenvalue weighted by Gasteiger charge is -2.44. The minimum atomic E-state index is -0.965. The number of amides is 3. The molecule has 1 unspecified atom stereocenters. The number of carbonyl (C=O) groups is 3. The summed E-state index contributed by atoms with van der Waals surface area (Å²) in [7, 11) is 1.57. The SMILES string of the molecule is COc1ccc(C(=O)N2C(C(=O)NCc3cccnc3)COC23CCN(C(=O)Cc2cccs2)CC3)cc1. The highest BCUT2D eigenvalue weighted by molar-refractivity contribution is 7.10. The second-order valence-corrected chi connectivity index (χ2v) is 10.4. The molecule has 2 aliphatic rings. The molecule has 2 fully saturated rings. The van der Waals surface area contributed by atoms with Crippen LogP contribution in [0.25, 0.3) is 0 Å². The number of thiophene rings is 1. The van der Waals surface area contributed by atoms with Gasteiger partial charge < -0.3 is 19.7 Å². The molecular weight excluding hydrogens is 504 g/mol. The largest absolute Gasteiger partial charge is 0.497 e. The van der Waals surface area contributed by atoms with Gasteiger partial charge in [-0.15, -0.1) is 11.3 Å². The van der Waals surface area contributed by atoms with Gasteiger partial charge in [0.2, 0.25) is 11.8 Å². The maximum absolute atomic E-state index is 13.9. The molecule has 198 valence electrons. The molecule has 2 aliphatic heterocycles. The van der Waals surface area contributed by atoms with Crippen LogP contribution in [0, 0.1) is 0 Å². The van der Waals surface area contributed by atoms with Gasteiger partial charge in [0, 0.05) is 55.3 Å². The number of hydrogen-bond donors (Lipinski definition) is 1. The Hall–Kier alpha value is -3.76. The zero-order chi connectivity index (χ0) is 26.5. The zero-order valence-electron chi connectivity index (χ0n) is 21.2. The van der Waals surface area contributed by atoms with E-state index in [9.17, 15) is 14.4 Å². The number of piperidine rings is 1. The summed E-state index contributed by atoms with van der Waals surface area (Å²) in [5.41, 5.74) is 0.338. The first kappa shape index (κ1) is 25.9. The van der Waals surface area contributed by atoms with Gasteiger partial charge in [-0.05, 0) is 47.3 Å². The molecule has 2 aromatic heterocycles. The normalized spacial score (nSPS) is 18.4. The number of rotatable bonds is 7. The number of aromatic nitrogens is 1. The van der Waals surface area contributed by atoms with Crippen molar-refractivity contribution in [1.82, 2.24) is 20.1 Å². The van der Waals surface area contributed by atoms with Gasteiger partial charge in [-0.1, -0.05) is 12.1 Å². The van der Waals surface area contributed by atoms with Gasteiger partial charge in [-0.3, -0.25) is 24.3 Å². The first-order chi connectivity index (χ1) is 18.5. The second kappa shape index (κ2) is 11.3. The van der Waals surface area contributed by atoms with E-state index in [-0.39, 0.29) is 24.3 Å². The summed E-state index contributed by atoms with van der Waals surface area (Å²) < 4.78 is 11.5. The Labute approximate surface area is 225 Å². The summed E-state index contributed by atoms with van der Waals surface area (Å²) in [6, 6.07) is 13.6. The van der Waals surface area contributed by atoms with Gasteiger partial charge in [-0.2, -0.15) is 0 Å². The Morgan fingerprint density at radius 2 is 1.92 bits per heavy atom. The average molecular weight is 535 g/mol. The van der Waals surface area contributed by atoms with E-state index < -0.39 is 11.8 Å². The lowest BCUT2D eigenvalue weighted by Crippen LogP contribution is -2.59. The van der Waals surface area contributed by atoms with Gasteiger partial charge in [0.15, 0.2) is 0 Å². The van der Waals surface area contributed by atoms with Gasteiger partial charge in [0.05, 0.1) is 20.1 Å². The number of methoxy groups -OCH3 is 1. The van der Waals surface area contributed by atoms with E-state index in [1.54, 1.807) is 60.0 Å². The van der Waals surface area contributed by atoms with Gasteiger partial charge >= 0.3 is 0 Å². The summed E-state index contributed by atoms with van der Waals surface area (Å²) in [5.74, 6) is 0.116. The molecule has 1 atom stereocenters. The van der Waals surface area contributed by atoms with E-state index in [1.165, 1.54) is 0 Å². The van der Waals surface area contributed by atoms with Crippen molar-refractivity contribution in [3.05, 3.63) is 82.3 Å². The summed E-state index contributed by atoms with van der Waals surface area (Å²) >= 11 is 1.56. The monoisotopic (exact) mass is 534 g/mol. The van der Waals surface area contributed by atoms with Crippen molar-refractivity contribution in [1.29, 1.82) is 0 Å². The topological polar surface area (TPSA) is 101 Å². The maximum atomic E-state index is 13.9. The summed E-state index contributed by atoms with van der Waals surface area (Å²) in [4.78, 5) is 48.6. The molecule has 38 heavy (non-hydrogen) atoms. The van der Waals surface area contributed by atoms with Gasteiger partial charge in [-0.25, -0.2) is 0 Å². The highest BCUT2D eigenvalue weighted by atomic mass is 32.1. The Kier molecular flexibility index (Phi) is 7.71. The Morgan fingerprint density at radius 1 is 1.13 bits per heavy atom.